The SMILES string of the molecule is O=C(CCn1nc(C(F)(F)F)c(Br)c1C1CC1)NCC1CCCO1. The number of carbonyl (C=O) groups is 1. The zero-order valence-electron chi connectivity index (χ0n) is 13.0. The number of nitrogens with one attached hydrogen (secondary N) is 1. The summed E-state index contributed by atoms with van der Waals surface area (Å²) in [5, 5.41) is 6.46. The molecule has 1 saturated carbocycles. The van der Waals surface area contributed by atoms with Crippen LogP contribution in [0.1, 0.15) is 49.4 Å². The number of carbonyl (C=O) groups excluding carboxylic acids is 1. The lowest BCUT2D eigenvalue weighted by molar-refractivity contribution is -0.142. The summed E-state index contributed by atoms with van der Waals surface area (Å²) in [6.45, 7) is 1.30. The van der Waals surface area contributed by atoms with Gasteiger partial charge in [0.25, 0.3) is 0 Å². The van der Waals surface area contributed by atoms with E-state index in [4.69, 9.17) is 4.74 Å². The lowest BCUT2D eigenvalue weighted by Gasteiger charge is -2.11. The quantitative estimate of drug-likeness (QED) is 0.784. The molecule has 1 N–H and O–H groups in total. The minimum absolute atomic E-state index is 0.0114. The average Bonchev–Trinajstić information content (AvgIpc) is 3.08. The highest BCUT2D eigenvalue weighted by Gasteiger charge is 2.41. The van der Waals surface area contributed by atoms with Crippen molar-refractivity contribution >= 4 is 21.8 Å². The van der Waals surface area contributed by atoms with Crippen LogP contribution in [0, 0.1) is 0 Å². The Morgan fingerprint density at radius 3 is 2.71 bits per heavy atom. The molecule has 1 aromatic heterocycles. The number of halogens is 4. The number of aromatic nitrogens is 2. The summed E-state index contributed by atoms with van der Waals surface area (Å²) < 4.78 is 45.8. The Kier molecular flexibility index (Phi) is 5.19. The van der Waals surface area contributed by atoms with Gasteiger partial charge in [0, 0.05) is 25.5 Å². The summed E-state index contributed by atoms with van der Waals surface area (Å²) in [6.07, 6.45) is -0.737. The highest BCUT2D eigenvalue weighted by molar-refractivity contribution is 9.10. The van der Waals surface area contributed by atoms with Crippen LogP contribution in [0.2, 0.25) is 0 Å². The van der Waals surface area contributed by atoms with E-state index in [2.05, 4.69) is 26.3 Å². The predicted molar refractivity (Wildman–Crippen MR) is 83.5 cm³/mol. The second kappa shape index (κ2) is 7.03. The van der Waals surface area contributed by atoms with Gasteiger partial charge in [-0.15, -0.1) is 0 Å². The van der Waals surface area contributed by atoms with E-state index in [1.807, 2.05) is 0 Å². The molecule has 0 spiro atoms. The monoisotopic (exact) mass is 409 g/mol. The molecule has 0 aromatic carbocycles. The molecule has 1 aliphatic carbocycles. The zero-order valence-corrected chi connectivity index (χ0v) is 14.6. The van der Waals surface area contributed by atoms with Gasteiger partial charge in [-0.25, -0.2) is 0 Å². The number of amides is 1. The Balaban J connectivity index is 1.60. The molecule has 1 aliphatic heterocycles. The maximum absolute atomic E-state index is 13.0. The van der Waals surface area contributed by atoms with Crippen LogP contribution in [0.15, 0.2) is 4.47 Å². The van der Waals surface area contributed by atoms with E-state index in [9.17, 15) is 18.0 Å². The Hall–Kier alpha value is -1.09. The van der Waals surface area contributed by atoms with Crippen molar-refractivity contribution in [3.63, 3.8) is 0 Å². The fourth-order valence-electron chi connectivity index (χ4n) is 2.88. The Labute approximate surface area is 146 Å². The normalized spacial score (nSPS) is 21.2. The van der Waals surface area contributed by atoms with E-state index >= 15 is 0 Å². The molecule has 3 rings (SSSR count). The van der Waals surface area contributed by atoms with E-state index in [1.54, 1.807) is 0 Å². The summed E-state index contributed by atoms with van der Waals surface area (Å²) >= 11 is 3.04. The number of rotatable bonds is 6. The minimum Gasteiger partial charge on any atom is -0.376 e. The Bertz CT molecular complexity index is 608. The van der Waals surface area contributed by atoms with Crippen molar-refractivity contribution in [1.29, 1.82) is 0 Å². The third-order valence-electron chi connectivity index (χ3n) is 4.27. The van der Waals surface area contributed by atoms with Gasteiger partial charge in [-0.2, -0.15) is 18.3 Å². The van der Waals surface area contributed by atoms with Crippen molar-refractivity contribution in [2.75, 3.05) is 13.2 Å². The zero-order chi connectivity index (χ0) is 17.3. The van der Waals surface area contributed by atoms with Crippen molar-refractivity contribution in [2.24, 2.45) is 0 Å². The Morgan fingerprint density at radius 2 is 2.12 bits per heavy atom. The molecule has 1 aromatic rings. The third kappa shape index (κ3) is 4.11. The number of aryl methyl sites for hydroxylation is 1. The van der Waals surface area contributed by atoms with E-state index in [0.717, 1.165) is 25.7 Å². The largest absolute Gasteiger partial charge is 0.436 e. The smallest absolute Gasteiger partial charge is 0.376 e. The topological polar surface area (TPSA) is 56.2 Å². The average molecular weight is 410 g/mol. The molecule has 0 radical (unpaired) electrons. The molecule has 0 bridgehead atoms. The van der Waals surface area contributed by atoms with Gasteiger partial charge in [-0.1, -0.05) is 0 Å². The molecule has 9 heteroatoms. The van der Waals surface area contributed by atoms with Crippen LogP contribution in [0.3, 0.4) is 0 Å². The van der Waals surface area contributed by atoms with Gasteiger partial charge in [0.1, 0.15) is 0 Å². The number of alkyl halides is 3. The molecule has 2 heterocycles. The first-order valence-electron chi connectivity index (χ1n) is 8.08. The van der Waals surface area contributed by atoms with Crippen molar-refractivity contribution in [3.05, 3.63) is 15.9 Å². The standard InChI is InChI=1S/C15H19BrF3N3O2/c16-12-13(9-3-4-9)22(21-14(12)15(17,18)19)6-5-11(23)20-8-10-2-1-7-24-10/h9-10H,1-8H2,(H,20,23). The van der Waals surface area contributed by atoms with Crippen LogP contribution < -0.4 is 5.32 Å². The molecule has 134 valence electrons. The lowest BCUT2D eigenvalue weighted by atomic mass is 10.2. The first-order valence-corrected chi connectivity index (χ1v) is 8.87. The van der Waals surface area contributed by atoms with Crippen LogP contribution >= 0.6 is 15.9 Å². The molecular formula is C15H19BrF3N3O2. The number of nitrogens with zero attached hydrogens (tertiary/aromatic N) is 2. The summed E-state index contributed by atoms with van der Waals surface area (Å²) in [7, 11) is 0. The lowest BCUT2D eigenvalue weighted by Crippen LogP contribution is -2.32. The molecule has 1 atom stereocenters. The fraction of sp³-hybridized carbons (Fsp3) is 0.733. The summed E-state index contributed by atoms with van der Waals surface area (Å²) in [5.41, 5.74) is -0.363. The highest BCUT2D eigenvalue weighted by Crippen LogP contribution is 2.46. The Morgan fingerprint density at radius 1 is 1.38 bits per heavy atom. The second-order valence-electron chi connectivity index (χ2n) is 6.23. The van der Waals surface area contributed by atoms with Crippen molar-refractivity contribution in [2.45, 2.75) is 56.8 Å². The third-order valence-corrected chi connectivity index (χ3v) is 5.05. The van der Waals surface area contributed by atoms with Crippen LogP contribution in [-0.4, -0.2) is 34.9 Å². The van der Waals surface area contributed by atoms with E-state index in [-0.39, 0.29) is 35.4 Å². The second-order valence-corrected chi connectivity index (χ2v) is 7.03. The van der Waals surface area contributed by atoms with Gasteiger partial charge < -0.3 is 10.1 Å². The molecular weight excluding hydrogens is 391 g/mol. The van der Waals surface area contributed by atoms with Gasteiger partial charge in [0.05, 0.1) is 22.8 Å². The van der Waals surface area contributed by atoms with Gasteiger partial charge in [0.2, 0.25) is 5.91 Å². The predicted octanol–water partition coefficient (Wildman–Crippen LogP) is 3.23. The number of ether oxygens (including phenoxy) is 1. The van der Waals surface area contributed by atoms with E-state index < -0.39 is 11.9 Å². The van der Waals surface area contributed by atoms with Gasteiger partial charge in [-0.05, 0) is 41.6 Å². The maximum Gasteiger partial charge on any atom is 0.436 e. The van der Waals surface area contributed by atoms with Crippen LogP contribution in [0.5, 0.6) is 0 Å². The fourth-order valence-corrected chi connectivity index (χ4v) is 3.71. The van der Waals surface area contributed by atoms with Crippen molar-refractivity contribution in [3.8, 4) is 0 Å². The molecule has 1 unspecified atom stereocenters. The highest BCUT2D eigenvalue weighted by atomic mass is 79.9. The minimum atomic E-state index is -4.50. The van der Waals surface area contributed by atoms with Gasteiger partial charge >= 0.3 is 6.18 Å². The van der Waals surface area contributed by atoms with Crippen LogP contribution in [0.4, 0.5) is 13.2 Å². The molecule has 24 heavy (non-hydrogen) atoms. The number of hydrogen-bond acceptors (Lipinski definition) is 3. The molecule has 2 fully saturated rings. The molecule has 2 aliphatic rings. The molecule has 1 saturated heterocycles. The maximum atomic E-state index is 13.0. The summed E-state index contributed by atoms with van der Waals surface area (Å²) in [6, 6.07) is 0. The number of hydrogen-bond donors (Lipinski definition) is 1. The van der Waals surface area contributed by atoms with Gasteiger partial charge in [0.15, 0.2) is 5.69 Å². The van der Waals surface area contributed by atoms with Crippen molar-refractivity contribution < 1.29 is 22.7 Å². The van der Waals surface area contributed by atoms with Crippen molar-refractivity contribution in [1.82, 2.24) is 15.1 Å². The first kappa shape index (κ1) is 17.7. The van der Waals surface area contributed by atoms with Gasteiger partial charge in [-0.3, -0.25) is 9.48 Å². The molecule has 1 amide bonds. The van der Waals surface area contributed by atoms with Crippen LogP contribution in [-0.2, 0) is 22.3 Å². The van der Waals surface area contributed by atoms with E-state index in [1.165, 1.54) is 4.68 Å². The van der Waals surface area contributed by atoms with E-state index in [0.29, 0.717) is 18.8 Å². The summed E-state index contributed by atoms with van der Waals surface area (Å²) in [4.78, 5) is 11.9. The molecule has 5 nitrogen and oxygen atoms in total. The summed E-state index contributed by atoms with van der Waals surface area (Å²) in [5.74, 6) is -0.106. The first-order chi connectivity index (χ1) is 11.4. The van der Waals surface area contributed by atoms with Crippen LogP contribution in [0.25, 0.3) is 0 Å².